The lowest BCUT2D eigenvalue weighted by Crippen LogP contribution is -1.96. The molecule has 4 N–H and O–H groups in total. The Morgan fingerprint density at radius 2 is 1.87 bits per heavy atom. The highest BCUT2D eigenvalue weighted by molar-refractivity contribution is 6.00. The van der Waals surface area contributed by atoms with Gasteiger partial charge in [-0.3, -0.25) is 0 Å². The molecular formula is C11H9NO3. The number of phenolic OH excluding ortho intramolecular Hbond substituents is 1. The molecule has 2 aromatic rings. The molecule has 0 amide bonds. The predicted molar refractivity (Wildman–Crippen MR) is 57.0 cm³/mol. The molecule has 0 saturated carbocycles. The molecule has 2 aromatic carbocycles. The standard InChI is InChI=1S/C11H9NO3/c12-10-8-5-7(11(14)15)2-1-6(8)3-4-9(10)13/h1-5,13H,12H2,(H,14,15). The normalized spacial score (nSPS) is 10.4. The minimum absolute atomic E-state index is 0.0370. The number of hydrogen-bond acceptors (Lipinski definition) is 3. The SMILES string of the molecule is Nc1c(O)ccc2ccc(C(=O)O)cc12. The number of carboxylic acid groups (broad SMARTS) is 1. The Balaban J connectivity index is 2.79. The fourth-order valence-electron chi connectivity index (χ4n) is 1.46. The van der Waals surface area contributed by atoms with Crippen LogP contribution in [-0.4, -0.2) is 16.2 Å². The van der Waals surface area contributed by atoms with Gasteiger partial charge in [-0.15, -0.1) is 0 Å². The maximum absolute atomic E-state index is 10.7. The predicted octanol–water partition coefficient (Wildman–Crippen LogP) is 1.83. The Morgan fingerprint density at radius 1 is 1.20 bits per heavy atom. The Hall–Kier alpha value is -2.23. The van der Waals surface area contributed by atoms with Gasteiger partial charge in [-0.1, -0.05) is 12.1 Å². The minimum Gasteiger partial charge on any atom is -0.506 e. The van der Waals surface area contributed by atoms with Crippen LogP contribution in [0.1, 0.15) is 10.4 Å². The van der Waals surface area contributed by atoms with Crippen LogP contribution in [0.2, 0.25) is 0 Å². The average Bonchev–Trinajstić information content (AvgIpc) is 2.23. The number of nitrogens with two attached hydrogens (primary N) is 1. The third kappa shape index (κ3) is 1.46. The van der Waals surface area contributed by atoms with Crippen LogP contribution in [0, 0.1) is 0 Å². The van der Waals surface area contributed by atoms with Crippen LogP contribution in [0.4, 0.5) is 5.69 Å². The van der Waals surface area contributed by atoms with Crippen LogP contribution in [0.5, 0.6) is 5.75 Å². The van der Waals surface area contributed by atoms with E-state index < -0.39 is 5.97 Å². The second-order valence-electron chi connectivity index (χ2n) is 3.24. The number of carboxylic acids is 1. The molecule has 4 heteroatoms. The second-order valence-corrected chi connectivity index (χ2v) is 3.24. The third-order valence-electron chi connectivity index (χ3n) is 2.29. The minimum atomic E-state index is -1.01. The zero-order valence-electron chi connectivity index (χ0n) is 7.77. The van der Waals surface area contributed by atoms with Crippen molar-refractivity contribution >= 4 is 22.4 Å². The molecule has 76 valence electrons. The van der Waals surface area contributed by atoms with Crippen LogP contribution in [0.25, 0.3) is 10.8 Å². The Morgan fingerprint density at radius 3 is 2.53 bits per heavy atom. The number of aromatic carboxylic acids is 1. The first-order valence-electron chi connectivity index (χ1n) is 4.34. The van der Waals surface area contributed by atoms with E-state index in [-0.39, 0.29) is 17.0 Å². The number of aromatic hydroxyl groups is 1. The number of hydrogen-bond donors (Lipinski definition) is 3. The van der Waals surface area contributed by atoms with E-state index in [0.717, 1.165) is 5.39 Å². The molecule has 0 heterocycles. The average molecular weight is 203 g/mol. The van der Waals surface area contributed by atoms with Gasteiger partial charge in [0, 0.05) is 5.39 Å². The van der Waals surface area contributed by atoms with Crippen molar-refractivity contribution in [2.75, 3.05) is 5.73 Å². The van der Waals surface area contributed by atoms with Gasteiger partial charge in [0.25, 0.3) is 0 Å². The smallest absolute Gasteiger partial charge is 0.335 e. The molecule has 0 aliphatic rings. The quantitative estimate of drug-likeness (QED) is 0.487. The summed E-state index contributed by atoms with van der Waals surface area (Å²) in [7, 11) is 0. The van der Waals surface area contributed by atoms with Crippen molar-refractivity contribution in [2.24, 2.45) is 0 Å². The van der Waals surface area contributed by atoms with Gasteiger partial charge in [0.2, 0.25) is 0 Å². The van der Waals surface area contributed by atoms with Gasteiger partial charge in [-0.05, 0) is 23.6 Å². The van der Waals surface area contributed by atoms with Crippen molar-refractivity contribution in [3.05, 3.63) is 35.9 Å². The van der Waals surface area contributed by atoms with Gasteiger partial charge < -0.3 is 15.9 Å². The molecule has 0 unspecified atom stereocenters. The van der Waals surface area contributed by atoms with Gasteiger partial charge in [0.1, 0.15) is 5.75 Å². The molecule has 0 radical (unpaired) electrons. The molecule has 0 aromatic heterocycles. The van der Waals surface area contributed by atoms with E-state index in [9.17, 15) is 9.90 Å². The van der Waals surface area contributed by atoms with Crippen molar-refractivity contribution in [1.82, 2.24) is 0 Å². The number of fused-ring (bicyclic) bond motifs is 1. The monoisotopic (exact) mass is 203 g/mol. The Labute approximate surface area is 85.6 Å². The van der Waals surface area contributed by atoms with E-state index in [1.54, 1.807) is 12.1 Å². The topological polar surface area (TPSA) is 83.5 Å². The summed E-state index contributed by atoms with van der Waals surface area (Å²) >= 11 is 0. The van der Waals surface area contributed by atoms with Gasteiger partial charge in [0.05, 0.1) is 11.3 Å². The summed E-state index contributed by atoms with van der Waals surface area (Å²) in [6, 6.07) is 7.78. The van der Waals surface area contributed by atoms with Crippen molar-refractivity contribution in [2.45, 2.75) is 0 Å². The summed E-state index contributed by atoms with van der Waals surface area (Å²) in [5, 5.41) is 19.5. The second kappa shape index (κ2) is 3.16. The largest absolute Gasteiger partial charge is 0.506 e. The lowest BCUT2D eigenvalue weighted by atomic mass is 10.1. The number of phenols is 1. The molecular weight excluding hydrogens is 194 g/mol. The van der Waals surface area contributed by atoms with Crippen molar-refractivity contribution < 1.29 is 15.0 Å². The van der Waals surface area contributed by atoms with E-state index in [1.165, 1.54) is 18.2 Å². The van der Waals surface area contributed by atoms with Gasteiger partial charge >= 0.3 is 5.97 Å². The molecule has 0 fully saturated rings. The van der Waals surface area contributed by atoms with Crippen LogP contribution in [0.15, 0.2) is 30.3 Å². The first-order chi connectivity index (χ1) is 7.09. The first-order valence-corrected chi connectivity index (χ1v) is 4.34. The fraction of sp³-hybridized carbons (Fsp3) is 0. The zero-order valence-corrected chi connectivity index (χ0v) is 7.77. The number of benzene rings is 2. The summed E-state index contributed by atoms with van der Waals surface area (Å²) in [6.45, 7) is 0. The highest BCUT2D eigenvalue weighted by Gasteiger charge is 2.07. The fourth-order valence-corrected chi connectivity index (χ4v) is 1.46. The highest BCUT2D eigenvalue weighted by Crippen LogP contribution is 2.30. The molecule has 15 heavy (non-hydrogen) atoms. The molecule has 0 bridgehead atoms. The number of anilines is 1. The Kier molecular flexibility index (Phi) is 1.97. The van der Waals surface area contributed by atoms with Crippen LogP contribution >= 0.6 is 0 Å². The van der Waals surface area contributed by atoms with Crippen LogP contribution in [0.3, 0.4) is 0 Å². The van der Waals surface area contributed by atoms with E-state index in [2.05, 4.69) is 0 Å². The highest BCUT2D eigenvalue weighted by atomic mass is 16.4. The van der Waals surface area contributed by atoms with Gasteiger partial charge in [-0.25, -0.2) is 4.79 Å². The summed E-state index contributed by atoms with van der Waals surface area (Å²) in [6.07, 6.45) is 0. The molecule has 2 rings (SSSR count). The first kappa shape index (κ1) is 9.33. The van der Waals surface area contributed by atoms with E-state index >= 15 is 0 Å². The van der Waals surface area contributed by atoms with Crippen molar-refractivity contribution in [3.8, 4) is 5.75 Å². The number of carbonyl (C=O) groups is 1. The van der Waals surface area contributed by atoms with Gasteiger partial charge in [0.15, 0.2) is 0 Å². The molecule has 0 atom stereocenters. The maximum Gasteiger partial charge on any atom is 0.335 e. The van der Waals surface area contributed by atoms with Crippen LogP contribution in [-0.2, 0) is 0 Å². The molecule has 0 saturated heterocycles. The van der Waals surface area contributed by atoms with E-state index in [4.69, 9.17) is 10.8 Å². The van der Waals surface area contributed by atoms with Crippen molar-refractivity contribution in [3.63, 3.8) is 0 Å². The zero-order chi connectivity index (χ0) is 11.0. The summed E-state index contributed by atoms with van der Waals surface area (Å²) in [5.41, 5.74) is 6.00. The summed E-state index contributed by atoms with van der Waals surface area (Å²) in [5.74, 6) is -1.05. The molecule has 0 aliphatic carbocycles. The molecule has 4 nitrogen and oxygen atoms in total. The van der Waals surface area contributed by atoms with E-state index in [0.29, 0.717) is 5.39 Å². The maximum atomic E-state index is 10.7. The summed E-state index contributed by atoms with van der Waals surface area (Å²) in [4.78, 5) is 10.7. The molecule has 0 aliphatic heterocycles. The molecule has 0 spiro atoms. The lowest BCUT2D eigenvalue weighted by Gasteiger charge is -2.05. The van der Waals surface area contributed by atoms with Crippen molar-refractivity contribution in [1.29, 1.82) is 0 Å². The Bertz CT molecular complexity index is 549. The lowest BCUT2D eigenvalue weighted by molar-refractivity contribution is 0.0697. The van der Waals surface area contributed by atoms with Crippen LogP contribution < -0.4 is 5.73 Å². The van der Waals surface area contributed by atoms with Gasteiger partial charge in [-0.2, -0.15) is 0 Å². The number of nitrogen functional groups attached to an aromatic ring is 1. The third-order valence-corrected chi connectivity index (χ3v) is 2.29. The van der Waals surface area contributed by atoms with E-state index in [1.807, 2.05) is 0 Å². The summed E-state index contributed by atoms with van der Waals surface area (Å²) < 4.78 is 0. The number of rotatable bonds is 1.